The van der Waals surface area contributed by atoms with Crippen molar-refractivity contribution in [3.63, 3.8) is 0 Å². The normalized spacial score (nSPS) is 12.1. The predicted molar refractivity (Wildman–Crippen MR) is 333 cm³/mol. The molecule has 6 heterocycles. The van der Waals surface area contributed by atoms with Crippen molar-refractivity contribution in [2.75, 3.05) is 0 Å². The molecule has 0 amide bonds. The number of hydrogen-bond donors (Lipinski definition) is 0. The van der Waals surface area contributed by atoms with E-state index in [1.165, 1.54) is 87.6 Å². The van der Waals surface area contributed by atoms with Crippen molar-refractivity contribution in [1.29, 1.82) is 0 Å². The Labute approximate surface area is 459 Å². The molecule has 15 rings (SSSR count). The monoisotopic (exact) mass is 1020 g/mol. The number of hydrogen-bond acceptors (Lipinski definition) is 2. The fraction of sp³-hybridized carbons (Fsp3) is 0.123. The maximum absolute atomic E-state index is 6.51. The van der Waals surface area contributed by atoms with Gasteiger partial charge < -0.3 is 9.13 Å². The zero-order chi connectivity index (χ0) is 53.7. The van der Waals surface area contributed by atoms with Gasteiger partial charge in [0.25, 0.3) is 0 Å². The number of aromatic nitrogens is 6. The van der Waals surface area contributed by atoms with Gasteiger partial charge in [-0.2, -0.15) is 0 Å². The zero-order valence-corrected chi connectivity index (χ0v) is 46.1. The first kappa shape index (κ1) is 46.8. The quantitative estimate of drug-likeness (QED) is 0.167. The van der Waals surface area contributed by atoms with Gasteiger partial charge in [-0.05, 0) is 183 Å². The van der Waals surface area contributed by atoms with Crippen molar-refractivity contribution in [2.24, 2.45) is 0 Å². The standard InChI is InChI=1S/C73H58N6/c1-41-16-24-61-52(32-41)53-33-42(2)17-25-62(53)76(61)70-69(51-14-11-13-50(40-51)60-15-10-12-49(9)74-60)71(77-63-26-18-43(3)34-54(63)55-35-44(4)19-27-64(55)77)73(79-67-30-22-47(7)38-58(67)59-39-48(8)23-31-68(59)79)75-72(70)78-65-28-20-45(5)36-56(65)57-37-46(6)21-29-66(57)78/h10-40H,1-9H3. The van der Waals surface area contributed by atoms with Crippen molar-refractivity contribution < 1.29 is 0 Å². The van der Waals surface area contributed by atoms with Gasteiger partial charge in [-0.1, -0.05) is 117 Å². The van der Waals surface area contributed by atoms with Crippen LogP contribution in [0.3, 0.4) is 0 Å². The lowest BCUT2D eigenvalue weighted by atomic mass is 9.97. The molecule has 6 nitrogen and oxygen atoms in total. The maximum Gasteiger partial charge on any atom is 0.165 e. The minimum Gasteiger partial charge on any atom is -0.305 e. The van der Waals surface area contributed by atoms with Crippen molar-refractivity contribution in [2.45, 2.75) is 62.3 Å². The molecule has 0 atom stereocenters. The van der Waals surface area contributed by atoms with Gasteiger partial charge in [-0.25, -0.2) is 4.98 Å². The van der Waals surface area contributed by atoms with E-state index >= 15 is 0 Å². The summed E-state index contributed by atoms with van der Waals surface area (Å²) in [6.07, 6.45) is 0. The number of aryl methyl sites for hydroxylation is 9. The van der Waals surface area contributed by atoms with E-state index in [-0.39, 0.29) is 0 Å². The molecule has 9 aromatic carbocycles. The minimum atomic E-state index is 0.821. The molecule has 0 unspecified atom stereocenters. The topological polar surface area (TPSA) is 45.5 Å². The van der Waals surface area contributed by atoms with Crippen molar-refractivity contribution in [3.05, 3.63) is 238 Å². The molecule has 0 spiro atoms. The van der Waals surface area contributed by atoms with E-state index in [0.29, 0.717) is 0 Å². The second kappa shape index (κ2) is 17.2. The molecule has 0 aliphatic rings. The highest BCUT2D eigenvalue weighted by atomic mass is 15.2. The van der Waals surface area contributed by atoms with Gasteiger partial charge in [0.1, 0.15) is 11.4 Å². The highest BCUT2D eigenvalue weighted by molar-refractivity contribution is 6.16. The Kier molecular flexibility index (Phi) is 10.2. The molecular formula is C73H58N6. The third-order valence-corrected chi connectivity index (χ3v) is 16.6. The molecule has 0 saturated carbocycles. The molecule has 0 saturated heterocycles. The van der Waals surface area contributed by atoms with Crippen LogP contribution >= 0.6 is 0 Å². The summed E-state index contributed by atoms with van der Waals surface area (Å²) in [5.41, 5.74) is 25.4. The summed E-state index contributed by atoms with van der Waals surface area (Å²) in [7, 11) is 0. The summed E-state index contributed by atoms with van der Waals surface area (Å²) in [5, 5.41) is 9.55. The number of benzene rings is 9. The molecular weight excluding hydrogens is 961 g/mol. The molecule has 79 heavy (non-hydrogen) atoms. The maximum atomic E-state index is 6.51. The summed E-state index contributed by atoms with van der Waals surface area (Å²) in [6.45, 7) is 19.7. The lowest BCUT2D eigenvalue weighted by Gasteiger charge is -2.27. The molecule has 6 aromatic heterocycles. The SMILES string of the molecule is Cc1ccc2c(c1)c1cc(C)ccc1n2-c1nc(-n2c3ccc(C)cc3c3cc(C)ccc32)c(-n2c3ccc(C)cc3c3cc(C)ccc32)c(-c2cccc(-c3cccc(C)n3)c2)c1-n1c2ccc(C)cc2c2cc(C)ccc21. The summed E-state index contributed by atoms with van der Waals surface area (Å²) in [5.74, 6) is 1.64. The lowest BCUT2D eigenvalue weighted by molar-refractivity contribution is 0.960. The van der Waals surface area contributed by atoms with Crippen LogP contribution in [0.5, 0.6) is 0 Å². The van der Waals surface area contributed by atoms with Crippen LogP contribution in [-0.4, -0.2) is 28.2 Å². The summed E-state index contributed by atoms with van der Waals surface area (Å²) >= 11 is 0. The molecule has 380 valence electrons. The fourth-order valence-electron chi connectivity index (χ4n) is 13.0. The van der Waals surface area contributed by atoms with Crippen molar-refractivity contribution >= 4 is 87.2 Å². The molecule has 0 N–H and O–H groups in total. The molecule has 0 radical (unpaired) electrons. The van der Waals surface area contributed by atoms with Crippen molar-refractivity contribution in [3.8, 4) is 45.4 Å². The highest BCUT2D eigenvalue weighted by Crippen LogP contribution is 2.50. The summed E-state index contributed by atoms with van der Waals surface area (Å²) < 4.78 is 10.0. The molecule has 0 aliphatic carbocycles. The van der Waals surface area contributed by atoms with Gasteiger partial charge in [0.05, 0.1) is 49.8 Å². The van der Waals surface area contributed by atoms with Gasteiger partial charge in [-0.15, -0.1) is 0 Å². The van der Waals surface area contributed by atoms with Gasteiger partial charge in [0.2, 0.25) is 0 Å². The van der Waals surface area contributed by atoms with Crippen LogP contribution in [0.4, 0.5) is 0 Å². The van der Waals surface area contributed by atoms with E-state index in [9.17, 15) is 0 Å². The number of nitrogens with zero attached hydrogens (tertiary/aromatic N) is 6. The van der Waals surface area contributed by atoms with Crippen LogP contribution < -0.4 is 0 Å². The van der Waals surface area contributed by atoms with Gasteiger partial charge in [0.15, 0.2) is 11.6 Å². The highest BCUT2D eigenvalue weighted by Gasteiger charge is 2.33. The van der Waals surface area contributed by atoms with Crippen LogP contribution in [0.15, 0.2) is 188 Å². The predicted octanol–water partition coefficient (Wildman–Crippen LogP) is 19.0. The van der Waals surface area contributed by atoms with Crippen LogP contribution in [0.25, 0.3) is 133 Å². The Balaban J connectivity index is 1.28. The Morgan fingerprint density at radius 3 is 0.835 bits per heavy atom. The van der Waals surface area contributed by atoms with E-state index < -0.39 is 0 Å². The smallest absolute Gasteiger partial charge is 0.165 e. The Morgan fingerprint density at radius 2 is 0.532 bits per heavy atom. The van der Waals surface area contributed by atoms with Gasteiger partial charge >= 0.3 is 0 Å². The second-order valence-electron chi connectivity index (χ2n) is 22.6. The third kappa shape index (κ3) is 7.10. The molecule has 6 heteroatoms. The molecule has 0 aliphatic heterocycles. The number of fused-ring (bicyclic) bond motifs is 12. The Morgan fingerprint density at radius 1 is 0.253 bits per heavy atom. The summed E-state index contributed by atoms with van der Waals surface area (Å²) in [6, 6.07) is 71.0. The van der Waals surface area contributed by atoms with Gasteiger partial charge in [0, 0.05) is 59.9 Å². The van der Waals surface area contributed by atoms with Crippen LogP contribution in [-0.2, 0) is 0 Å². The first-order chi connectivity index (χ1) is 38.3. The van der Waals surface area contributed by atoms with E-state index in [4.69, 9.17) is 9.97 Å². The molecule has 0 fully saturated rings. The number of pyridine rings is 2. The van der Waals surface area contributed by atoms with Crippen molar-refractivity contribution in [1.82, 2.24) is 28.2 Å². The lowest BCUT2D eigenvalue weighted by Crippen LogP contribution is -2.16. The largest absolute Gasteiger partial charge is 0.305 e. The average Bonchev–Trinajstić information content (AvgIpc) is 2.91. The van der Waals surface area contributed by atoms with Crippen LogP contribution in [0.1, 0.15) is 50.2 Å². The molecule has 0 bridgehead atoms. The van der Waals surface area contributed by atoms with Crippen LogP contribution in [0.2, 0.25) is 0 Å². The molecule has 15 aromatic rings. The van der Waals surface area contributed by atoms with Crippen LogP contribution in [0, 0.1) is 62.3 Å². The minimum absolute atomic E-state index is 0.821. The Bertz CT molecular complexity index is 4620. The average molecular weight is 1020 g/mol. The van der Waals surface area contributed by atoms with E-state index in [1.54, 1.807) is 0 Å². The fourth-order valence-corrected chi connectivity index (χ4v) is 13.0. The first-order valence-corrected chi connectivity index (χ1v) is 27.5. The van der Waals surface area contributed by atoms with E-state index in [1.807, 2.05) is 0 Å². The van der Waals surface area contributed by atoms with E-state index in [0.717, 1.165) is 95.2 Å². The second-order valence-corrected chi connectivity index (χ2v) is 22.6. The zero-order valence-electron chi connectivity index (χ0n) is 46.1. The Hall–Kier alpha value is -9.52. The first-order valence-electron chi connectivity index (χ1n) is 27.5. The van der Waals surface area contributed by atoms with Gasteiger partial charge in [-0.3, -0.25) is 14.1 Å². The summed E-state index contributed by atoms with van der Waals surface area (Å²) in [4.78, 5) is 11.7. The third-order valence-electron chi connectivity index (χ3n) is 16.6. The van der Waals surface area contributed by atoms with E-state index in [2.05, 4.69) is 269 Å². The number of rotatable bonds is 6.